The molecule has 0 saturated heterocycles. The van der Waals surface area contributed by atoms with Crippen molar-refractivity contribution in [2.75, 3.05) is 6.61 Å². The Balaban J connectivity index is 2.42. The van der Waals surface area contributed by atoms with Crippen molar-refractivity contribution in [3.8, 4) is 5.75 Å². The van der Waals surface area contributed by atoms with E-state index in [0.717, 1.165) is 0 Å². The van der Waals surface area contributed by atoms with E-state index in [1.807, 2.05) is 0 Å². The SMILES string of the molecule is CCOC(=O)CC1(C)Oc2ccccc2C(=O)C1C(C)=O. The van der Waals surface area contributed by atoms with Crippen molar-refractivity contribution in [2.24, 2.45) is 5.92 Å². The first-order valence-electron chi connectivity index (χ1n) is 6.87. The molecule has 0 aliphatic carbocycles. The topological polar surface area (TPSA) is 69.7 Å². The number of ether oxygens (including phenoxy) is 2. The molecule has 0 N–H and O–H groups in total. The smallest absolute Gasteiger partial charge is 0.309 e. The fourth-order valence-electron chi connectivity index (χ4n) is 2.75. The molecule has 2 rings (SSSR count). The zero-order valence-electron chi connectivity index (χ0n) is 12.3. The summed E-state index contributed by atoms with van der Waals surface area (Å²) < 4.78 is 10.8. The van der Waals surface area contributed by atoms with Gasteiger partial charge in [0.1, 0.15) is 23.1 Å². The summed E-state index contributed by atoms with van der Waals surface area (Å²) in [6.45, 7) is 4.88. The lowest BCUT2D eigenvalue weighted by molar-refractivity contribution is -0.149. The molecule has 0 saturated carbocycles. The number of carbonyl (C=O) groups is 3. The zero-order chi connectivity index (χ0) is 15.6. The number of Topliss-reactive ketones (excluding diaryl/α,β-unsaturated/α-hetero) is 2. The van der Waals surface area contributed by atoms with Gasteiger partial charge in [0.25, 0.3) is 0 Å². The maximum absolute atomic E-state index is 12.6. The molecule has 2 unspecified atom stereocenters. The van der Waals surface area contributed by atoms with Gasteiger partial charge in [-0.2, -0.15) is 0 Å². The highest BCUT2D eigenvalue weighted by Crippen LogP contribution is 2.39. The van der Waals surface area contributed by atoms with E-state index in [9.17, 15) is 14.4 Å². The van der Waals surface area contributed by atoms with E-state index in [0.29, 0.717) is 11.3 Å². The normalized spacial score (nSPS) is 24.0. The van der Waals surface area contributed by atoms with Crippen molar-refractivity contribution in [3.05, 3.63) is 29.8 Å². The second-order valence-corrected chi connectivity index (χ2v) is 5.30. The second kappa shape index (κ2) is 5.68. The maximum Gasteiger partial charge on any atom is 0.309 e. The lowest BCUT2D eigenvalue weighted by atomic mass is 9.76. The molecule has 1 aromatic rings. The van der Waals surface area contributed by atoms with Crippen LogP contribution in [0.5, 0.6) is 5.75 Å². The van der Waals surface area contributed by atoms with Crippen LogP contribution in [-0.2, 0) is 14.3 Å². The van der Waals surface area contributed by atoms with Crippen molar-refractivity contribution in [1.29, 1.82) is 0 Å². The Morgan fingerprint density at radius 2 is 2.00 bits per heavy atom. The monoisotopic (exact) mass is 290 g/mol. The van der Waals surface area contributed by atoms with Crippen LogP contribution >= 0.6 is 0 Å². The van der Waals surface area contributed by atoms with Gasteiger partial charge < -0.3 is 9.47 Å². The Morgan fingerprint density at radius 1 is 1.33 bits per heavy atom. The lowest BCUT2D eigenvalue weighted by Crippen LogP contribution is -2.52. The largest absolute Gasteiger partial charge is 0.485 e. The highest BCUT2D eigenvalue weighted by Gasteiger charge is 2.50. The van der Waals surface area contributed by atoms with E-state index in [1.165, 1.54) is 6.92 Å². The summed E-state index contributed by atoms with van der Waals surface area (Å²) in [5.74, 6) is -1.72. The second-order valence-electron chi connectivity index (χ2n) is 5.30. The van der Waals surface area contributed by atoms with Gasteiger partial charge in [-0.3, -0.25) is 14.4 Å². The van der Waals surface area contributed by atoms with E-state index in [2.05, 4.69) is 0 Å². The molecule has 0 radical (unpaired) electrons. The van der Waals surface area contributed by atoms with Crippen LogP contribution in [0, 0.1) is 5.92 Å². The summed E-state index contributed by atoms with van der Waals surface area (Å²) in [4.78, 5) is 36.3. The number of fused-ring (bicyclic) bond motifs is 1. The summed E-state index contributed by atoms with van der Waals surface area (Å²) in [6.07, 6.45) is -0.148. The van der Waals surface area contributed by atoms with Crippen molar-refractivity contribution < 1.29 is 23.9 Å². The molecule has 1 aromatic carbocycles. The summed E-state index contributed by atoms with van der Waals surface area (Å²) in [7, 11) is 0. The average molecular weight is 290 g/mol. The molecular weight excluding hydrogens is 272 g/mol. The van der Waals surface area contributed by atoms with Crippen LogP contribution in [0.25, 0.3) is 0 Å². The number of hydrogen-bond acceptors (Lipinski definition) is 5. The Bertz CT molecular complexity index is 592. The van der Waals surface area contributed by atoms with Crippen molar-refractivity contribution >= 4 is 17.5 Å². The maximum atomic E-state index is 12.6. The fourth-order valence-corrected chi connectivity index (χ4v) is 2.75. The molecule has 1 heterocycles. The molecule has 5 nitrogen and oxygen atoms in total. The predicted molar refractivity (Wildman–Crippen MR) is 75.2 cm³/mol. The van der Waals surface area contributed by atoms with Gasteiger partial charge in [0.05, 0.1) is 18.6 Å². The Hall–Kier alpha value is -2.17. The molecule has 1 aliphatic heterocycles. The van der Waals surface area contributed by atoms with Crippen molar-refractivity contribution in [1.82, 2.24) is 0 Å². The number of esters is 1. The van der Waals surface area contributed by atoms with Crippen LogP contribution in [0.4, 0.5) is 0 Å². The zero-order valence-corrected chi connectivity index (χ0v) is 12.3. The summed E-state index contributed by atoms with van der Waals surface area (Å²) in [6, 6.07) is 6.74. The van der Waals surface area contributed by atoms with Crippen LogP contribution in [0.15, 0.2) is 24.3 Å². The van der Waals surface area contributed by atoms with Crippen molar-refractivity contribution in [2.45, 2.75) is 32.8 Å². The van der Waals surface area contributed by atoms with E-state index in [4.69, 9.17) is 9.47 Å². The molecule has 0 amide bonds. The van der Waals surface area contributed by atoms with Crippen LogP contribution < -0.4 is 4.74 Å². The van der Waals surface area contributed by atoms with Gasteiger partial charge >= 0.3 is 5.97 Å². The van der Waals surface area contributed by atoms with Crippen LogP contribution in [0.2, 0.25) is 0 Å². The van der Waals surface area contributed by atoms with Gasteiger partial charge in [0.15, 0.2) is 5.78 Å². The third-order valence-corrected chi connectivity index (χ3v) is 3.58. The van der Waals surface area contributed by atoms with Crippen LogP contribution in [0.3, 0.4) is 0 Å². The van der Waals surface area contributed by atoms with E-state index >= 15 is 0 Å². The number of ketones is 2. The minimum atomic E-state index is -1.22. The number of hydrogen-bond donors (Lipinski definition) is 0. The minimum Gasteiger partial charge on any atom is -0.485 e. The van der Waals surface area contributed by atoms with Gasteiger partial charge in [-0.15, -0.1) is 0 Å². The predicted octanol–water partition coefficient (Wildman–Crippen LogP) is 2.18. The summed E-state index contributed by atoms with van der Waals surface area (Å²) in [5.41, 5.74) is -0.845. The van der Waals surface area contributed by atoms with E-state index in [1.54, 1.807) is 38.1 Å². The first-order chi connectivity index (χ1) is 9.89. The van der Waals surface area contributed by atoms with Gasteiger partial charge in [-0.1, -0.05) is 12.1 Å². The number of benzene rings is 1. The number of rotatable bonds is 4. The molecule has 0 bridgehead atoms. The third-order valence-electron chi connectivity index (χ3n) is 3.58. The van der Waals surface area contributed by atoms with Crippen molar-refractivity contribution in [3.63, 3.8) is 0 Å². The average Bonchev–Trinajstić information content (AvgIpc) is 2.37. The number of para-hydroxylation sites is 1. The highest BCUT2D eigenvalue weighted by molar-refractivity contribution is 6.13. The summed E-state index contributed by atoms with van der Waals surface area (Å²) in [5, 5.41) is 0. The molecule has 5 heteroatoms. The minimum absolute atomic E-state index is 0.148. The summed E-state index contributed by atoms with van der Waals surface area (Å²) >= 11 is 0. The Morgan fingerprint density at radius 3 is 2.62 bits per heavy atom. The van der Waals surface area contributed by atoms with Gasteiger partial charge in [0, 0.05) is 0 Å². The Kier molecular flexibility index (Phi) is 4.11. The molecule has 112 valence electrons. The van der Waals surface area contributed by atoms with Crippen LogP contribution in [0.1, 0.15) is 37.6 Å². The molecular formula is C16H18O5. The first-order valence-corrected chi connectivity index (χ1v) is 6.87. The van der Waals surface area contributed by atoms with Crippen LogP contribution in [-0.4, -0.2) is 29.7 Å². The molecule has 0 aromatic heterocycles. The molecule has 2 atom stereocenters. The lowest BCUT2D eigenvalue weighted by Gasteiger charge is -2.39. The third kappa shape index (κ3) is 2.82. The number of carbonyl (C=O) groups excluding carboxylic acids is 3. The molecule has 0 fully saturated rings. The molecule has 1 aliphatic rings. The highest BCUT2D eigenvalue weighted by atomic mass is 16.5. The van der Waals surface area contributed by atoms with Gasteiger partial charge in [0.2, 0.25) is 0 Å². The molecule has 0 spiro atoms. The van der Waals surface area contributed by atoms with Gasteiger partial charge in [-0.25, -0.2) is 0 Å². The van der Waals surface area contributed by atoms with Gasteiger partial charge in [-0.05, 0) is 32.9 Å². The standard InChI is InChI=1S/C16H18O5/c1-4-20-13(18)9-16(3)14(10(2)17)15(19)11-7-5-6-8-12(11)21-16/h5-8,14H,4,9H2,1-3H3. The first kappa shape index (κ1) is 15.2. The van der Waals surface area contributed by atoms with E-state index < -0.39 is 17.5 Å². The quantitative estimate of drug-likeness (QED) is 0.628. The van der Waals surface area contributed by atoms with E-state index in [-0.39, 0.29) is 24.6 Å². The molecule has 21 heavy (non-hydrogen) atoms. The fraction of sp³-hybridized carbons (Fsp3) is 0.438. The Labute approximate surface area is 123 Å².